The van der Waals surface area contributed by atoms with Crippen molar-refractivity contribution in [2.24, 2.45) is 0 Å². The normalized spacial score (nSPS) is 9.71. The number of hydrogen-bond donors (Lipinski definition) is 0. The Morgan fingerprint density at radius 3 is 1.14 bits per heavy atom. The van der Waals surface area contributed by atoms with Gasteiger partial charge in [0.15, 0.2) is 0 Å². The summed E-state index contributed by atoms with van der Waals surface area (Å²) in [7, 11) is 0. The van der Waals surface area contributed by atoms with Crippen LogP contribution in [0, 0.1) is 0 Å². The summed E-state index contributed by atoms with van der Waals surface area (Å²) < 4.78 is 0. The minimum absolute atomic E-state index is 1.25. The lowest BCUT2D eigenvalue weighted by atomic mass is 10.2. The summed E-state index contributed by atoms with van der Waals surface area (Å²) in [5.41, 5.74) is 2.53. The second-order valence-corrected chi connectivity index (χ2v) is 4.53. The van der Waals surface area contributed by atoms with Gasteiger partial charge in [-0.2, -0.15) is 0 Å². The van der Waals surface area contributed by atoms with Gasteiger partial charge < -0.3 is 0 Å². The standard InChI is InChI=1S/2C9H10.C3H8/c2*1-2-6-9-7-4-3-5-8-9;1-3-2/h2*2-8H,1H3;3H2,1-2H3/b2*6-2+;. The lowest BCUT2D eigenvalue weighted by molar-refractivity contribution is 1.09. The molecule has 0 unspecified atom stereocenters. The van der Waals surface area contributed by atoms with Crippen molar-refractivity contribution in [3.05, 3.63) is 83.9 Å². The van der Waals surface area contributed by atoms with E-state index in [4.69, 9.17) is 0 Å². The molecule has 0 aliphatic rings. The van der Waals surface area contributed by atoms with Crippen LogP contribution < -0.4 is 0 Å². The van der Waals surface area contributed by atoms with Crippen LogP contribution in [0.2, 0.25) is 0 Å². The average Bonchev–Trinajstić information content (AvgIpc) is 2.52. The lowest BCUT2D eigenvalue weighted by Crippen LogP contribution is -1.65. The maximum Gasteiger partial charge on any atom is -0.0260 e. The largest absolute Gasteiger partial charge is 0.0871 e. The van der Waals surface area contributed by atoms with Gasteiger partial charge in [-0.25, -0.2) is 0 Å². The Hall–Kier alpha value is -2.08. The van der Waals surface area contributed by atoms with Gasteiger partial charge in [-0.05, 0) is 25.0 Å². The molecule has 0 N–H and O–H groups in total. The summed E-state index contributed by atoms with van der Waals surface area (Å²) in [5.74, 6) is 0. The Kier molecular flexibility index (Phi) is 12.9. The number of hydrogen-bond acceptors (Lipinski definition) is 0. The third-order valence-electron chi connectivity index (χ3n) is 2.32. The lowest BCUT2D eigenvalue weighted by Gasteiger charge is -1.86. The first kappa shape index (κ1) is 18.9. The van der Waals surface area contributed by atoms with E-state index in [9.17, 15) is 0 Å². The molecule has 112 valence electrons. The highest BCUT2D eigenvalue weighted by Gasteiger charge is 1.78. The Bertz CT molecular complexity index is 430. The molecular weight excluding hydrogens is 252 g/mol. The van der Waals surface area contributed by atoms with Crippen LogP contribution >= 0.6 is 0 Å². The summed E-state index contributed by atoms with van der Waals surface area (Å²) in [5, 5.41) is 0. The van der Waals surface area contributed by atoms with E-state index in [2.05, 4.69) is 50.3 Å². The van der Waals surface area contributed by atoms with Crippen LogP contribution in [-0.4, -0.2) is 0 Å². The highest BCUT2D eigenvalue weighted by molar-refractivity contribution is 5.48. The predicted octanol–water partition coefficient (Wildman–Crippen LogP) is 6.86. The molecule has 0 radical (unpaired) electrons. The van der Waals surface area contributed by atoms with Gasteiger partial charge in [-0.3, -0.25) is 0 Å². The molecule has 0 amide bonds. The Morgan fingerprint density at radius 1 is 0.619 bits per heavy atom. The van der Waals surface area contributed by atoms with E-state index in [0.29, 0.717) is 0 Å². The second kappa shape index (κ2) is 14.3. The van der Waals surface area contributed by atoms with Crippen LogP contribution in [0.3, 0.4) is 0 Å². The molecule has 0 heterocycles. The summed E-state index contributed by atoms with van der Waals surface area (Å²) in [4.78, 5) is 0. The average molecular weight is 280 g/mol. The molecule has 0 saturated heterocycles. The van der Waals surface area contributed by atoms with Gasteiger partial charge in [-0.15, -0.1) is 0 Å². The smallest absolute Gasteiger partial charge is 0.0260 e. The van der Waals surface area contributed by atoms with E-state index >= 15 is 0 Å². The van der Waals surface area contributed by atoms with E-state index in [-0.39, 0.29) is 0 Å². The van der Waals surface area contributed by atoms with Crippen LogP contribution in [0.4, 0.5) is 0 Å². The van der Waals surface area contributed by atoms with Gasteiger partial charge in [0.2, 0.25) is 0 Å². The third kappa shape index (κ3) is 11.4. The van der Waals surface area contributed by atoms with Gasteiger partial charge in [-0.1, -0.05) is 105 Å². The zero-order valence-corrected chi connectivity index (χ0v) is 13.8. The molecule has 0 fully saturated rings. The molecule has 2 aromatic carbocycles. The quantitative estimate of drug-likeness (QED) is 0.564. The molecule has 0 aromatic heterocycles. The van der Waals surface area contributed by atoms with Crippen LogP contribution in [0.25, 0.3) is 12.2 Å². The van der Waals surface area contributed by atoms with Crippen molar-refractivity contribution in [2.75, 3.05) is 0 Å². The van der Waals surface area contributed by atoms with E-state index in [1.165, 1.54) is 17.5 Å². The van der Waals surface area contributed by atoms with Gasteiger partial charge in [0, 0.05) is 0 Å². The number of allylic oxidation sites excluding steroid dienone is 2. The minimum Gasteiger partial charge on any atom is -0.0871 e. The first-order valence-corrected chi connectivity index (χ1v) is 7.63. The molecule has 21 heavy (non-hydrogen) atoms. The van der Waals surface area contributed by atoms with E-state index in [1.54, 1.807) is 0 Å². The molecule has 0 atom stereocenters. The van der Waals surface area contributed by atoms with Gasteiger partial charge in [0.05, 0.1) is 0 Å². The fourth-order valence-corrected chi connectivity index (χ4v) is 1.51. The molecular formula is C21H28. The van der Waals surface area contributed by atoms with Crippen molar-refractivity contribution in [1.82, 2.24) is 0 Å². The highest BCUT2D eigenvalue weighted by atomic mass is 13.8. The van der Waals surface area contributed by atoms with Gasteiger partial charge in [0.1, 0.15) is 0 Å². The Balaban J connectivity index is 0.000000322. The highest BCUT2D eigenvalue weighted by Crippen LogP contribution is 2.00. The second-order valence-electron chi connectivity index (χ2n) is 4.53. The summed E-state index contributed by atoms with van der Waals surface area (Å²) in [6.45, 7) is 8.29. The van der Waals surface area contributed by atoms with Crippen LogP contribution in [-0.2, 0) is 0 Å². The van der Waals surface area contributed by atoms with Crippen LogP contribution in [0.15, 0.2) is 72.8 Å². The van der Waals surface area contributed by atoms with E-state index < -0.39 is 0 Å². The number of benzene rings is 2. The van der Waals surface area contributed by atoms with Crippen molar-refractivity contribution < 1.29 is 0 Å². The molecule has 2 rings (SSSR count). The zero-order chi connectivity index (χ0) is 15.8. The molecule has 0 aliphatic heterocycles. The van der Waals surface area contributed by atoms with Crippen LogP contribution in [0.5, 0.6) is 0 Å². The van der Waals surface area contributed by atoms with Crippen molar-refractivity contribution in [1.29, 1.82) is 0 Å². The molecule has 0 aliphatic carbocycles. The predicted molar refractivity (Wildman–Crippen MR) is 98.3 cm³/mol. The van der Waals surface area contributed by atoms with E-state index in [0.717, 1.165) is 0 Å². The Labute approximate surface area is 130 Å². The first-order valence-electron chi connectivity index (χ1n) is 7.63. The maximum atomic E-state index is 2.12. The molecule has 0 bridgehead atoms. The first-order chi connectivity index (χ1) is 10.3. The molecule has 0 spiro atoms. The molecule has 2 aromatic rings. The summed E-state index contributed by atoms with van der Waals surface area (Å²) >= 11 is 0. The SMILES string of the molecule is C/C=C/c1ccccc1.C/C=C/c1ccccc1.CCC. The monoisotopic (exact) mass is 280 g/mol. The van der Waals surface area contributed by atoms with Crippen molar-refractivity contribution >= 4 is 12.2 Å². The number of rotatable bonds is 2. The molecule has 0 saturated carbocycles. The third-order valence-corrected chi connectivity index (χ3v) is 2.32. The summed E-state index contributed by atoms with van der Waals surface area (Å²) in [6, 6.07) is 20.5. The summed E-state index contributed by atoms with van der Waals surface area (Å²) in [6.07, 6.45) is 9.49. The van der Waals surface area contributed by atoms with Crippen molar-refractivity contribution in [3.63, 3.8) is 0 Å². The van der Waals surface area contributed by atoms with E-state index in [1.807, 2.05) is 62.4 Å². The Morgan fingerprint density at radius 2 is 0.905 bits per heavy atom. The fraction of sp³-hybridized carbons (Fsp3) is 0.238. The maximum absolute atomic E-state index is 2.12. The van der Waals surface area contributed by atoms with Gasteiger partial charge >= 0.3 is 0 Å². The fourth-order valence-electron chi connectivity index (χ4n) is 1.51. The van der Waals surface area contributed by atoms with Crippen LogP contribution in [0.1, 0.15) is 45.2 Å². The van der Waals surface area contributed by atoms with Gasteiger partial charge in [0.25, 0.3) is 0 Å². The molecule has 0 heteroatoms. The molecule has 0 nitrogen and oxygen atoms in total. The van der Waals surface area contributed by atoms with Crippen molar-refractivity contribution in [2.45, 2.75) is 34.1 Å². The minimum atomic E-state index is 1.25. The van der Waals surface area contributed by atoms with Crippen molar-refractivity contribution in [3.8, 4) is 0 Å². The zero-order valence-electron chi connectivity index (χ0n) is 13.8. The topological polar surface area (TPSA) is 0 Å².